The first kappa shape index (κ1) is 22.3. The SMILES string of the molecule is Cc1nnc(CNC(=NCc2ccccc2)N2CCC(C(=O)N3CCOCC3)CC2)n1C. The molecule has 2 aliphatic heterocycles. The second kappa shape index (κ2) is 10.6. The van der Waals surface area contributed by atoms with Gasteiger partial charge in [-0.15, -0.1) is 10.2 Å². The van der Waals surface area contributed by atoms with Gasteiger partial charge >= 0.3 is 0 Å². The van der Waals surface area contributed by atoms with Crippen LogP contribution in [0.3, 0.4) is 0 Å². The monoisotopic (exact) mass is 439 g/mol. The van der Waals surface area contributed by atoms with Gasteiger partial charge in [0.25, 0.3) is 0 Å². The summed E-state index contributed by atoms with van der Waals surface area (Å²) in [5, 5.41) is 11.9. The van der Waals surface area contributed by atoms with Gasteiger partial charge < -0.3 is 24.4 Å². The zero-order valence-electron chi connectivity index (χ0n) is 19.0. The van der Waals surface area contributed by atoms with E-state index in [0.29, 0.717) is 39.4 Å². The Morgan fingerprint density at radius 1 is 1.09 bits per heavy atom. The molecule has 3 heterocycles. The molecule has 1 aromatic carbocycles. The highest BCUT2D eigenvalue weighted by molar-refractivity contribution is 5.82. The number of carbonyl (C=O) groups is 1. The number of likely N-dealkylation sites (tertiary alicyclic amines) is 1. The molecule has 2 saturated heterocycles. The molecule has 1 amide bonds. The second-order valence-electron chi connectivity index (χ2n) is 8.40. The third kappa shape index (κ3) is 5.45. The van der Waals surface area contributed by atoms with Crippen molar-refractivity contribution >= 4 is 11.9 Å². The summed E-state index contributed by atoms with van der Waals surface area (Å²) >= 11 is 0. The molecule has 0 atom stereocenters. The van der Waals surface area contributed by atoms with Crippen LogP contribution in [0.5, 0.6) is 0 Å². The lowest BCUT2D eigenvalue weighted by Crippen LogP contribution is -2.50. The Morgan fingerprint density at radius 3 is 2.47 bits per heavy atom. The van der Waals surface area contributed by atoms with Crippen molar-refractivity contribution in [2.45, 2.75) is 32.9 Å². The van der Waals surface area contributed by atoms with E-state index in [1.54, 1.807) is 0 Å². The fraction of sp³-hybridized carbons (Fsp3) is 0.565. The molecule has 2 aliphatic rings. The number of aliphatic imine (C=N–C) groups is 1. The predicted molar refractivity (Wildman–Crippen MR) is 122 cm³/mol. The number of hydrogen-bond donors (Lipinski definition) is 1. The third-order valence-electron chi connectivity index (χ3n) is 6.31. The van der Waals surface area contributed by atoms with Crippen molar-refractivity contribution in [3.05, 3.63) is 47.5 Å². The van der Waals surface area contributed by atoms with Crippen molar-refractivity contribution in [1.82, 2.24) is 29.9 Å². The van der Waals surface area contributed by atoms with E-state index in [0.717, 1.165) is 43.5 Å². The number of benzene rings is 1. The summed E-state index contributed by atoms with van der Waals surface area (Å²) in [7, 11) is 1.97. The minimum atomic E-state index is 0.0844. The number of aromatic nitrogens is 3. The molecule has 172 valence electrons. The second-order valence-corrected chi connectivity index (χ2v) is 8.40. The largest absolute Gasteiger partial charge is 0.378 e. The van der Waals surface area contributed by atoms with Crippen LogP contribution in [-0.4, -0.2) is 75.8 Å². The number of rotatable bonds is 5. The van der Waals surface area contributed by atoms with Crippen LogP contribution in [0.1, 0.15) is 30.1 Å². The first-order valence-electron chi connectivity index (χ1n) is 11.4. The molecule has 2 fully saturated rings. The summed E-state index contributed by atoms with van der Waals surface area (Å²) in [4.78, 5) is 22.0. The van der Waals surface area contributed by atoms with E-state index in [1.165, 1.54) is 5.56 Å². The zero-order valence-corrected chi connectivity index (χ0v) is 19.0. The molecule has 9 nitrogen and oxygen atoms in total. The van der Waals surface area contributed by atoms with Crippen molar-refractivity contribution in [2.24, 2.45) is 18.0 Å². The molecule has 9 heteroatoms. The van der Waals surface area contributed by atoms with Crippen LogP contribution >= 0.6 is 0 Å². The van der Waals surface area contributed by atoms with Crippen LogP contribution in [0, 0.1) is 12.8 Å². The van der Waals surface area contributed by atoms with Gasteiger partial charge in [0, 0.05) is 39.1 Å². The van der Waals surface area contributed by atoms with E-state index < -0.39 is 0 Å². The van der Waals surface area contributed by atoms with Crippen molar-refractivity contribution in [2.75, 3.05) is 39.4 Å². The lowest BCUT2D eigenvalue weighted by molar-refractivity contribution is -0.140. The Labute approximate surface area is 189 Å². The Morgan fingerprint density at radius 2 is 1.81 bits per heavy atom. The van der Waals surface area contributed by atoms with Gasteiger partial charge in [0.15, 0.2) is 11.8 Å². The van der Waals surface area contributed by atoms with Gasteiger partial charge in [-0.2, -0.15) is 0 Å². The van der Waals surface area contributed by atoms with Crippen LogP contribution < -0.4 is 5.32 Å². The number of guanidine groups is 1. The van der Waals surface area contributed by atoms with Crippen molar-refractivity contribution in [1.29, 1.82) is 0 Å². The lowest BCUT2D eigenvalue weighted by Gasteiger charge is -2.36. The molecule has 0 aliphatic carbocycles. The number of hydrogen-bond acceptors (Lipinski definition) is 5. The summed E-state index contributed by atoms with van der Waals surface area (Å²) in [5.74, 6) is 2.96. The van der Waals surface area contributed by atoms with Crippen LogP contribution in [0.25, 0.3) is 0 Å². The van der Waals surface area contributed by atoms with E-state index in [4.69, 9.17) is 9.73 Å². The number of piperidine rings is 1. The van der Waals surface area contributed by atoms with E-state index in [9.17, 15) is 4.79 Å². The van der Waals surface area contributed by atoms with Gasteiger partial charge in [0.05, 0.1) is 26.3 Å². The summed E-state index contributed by atoms with van der Waals surface area (Å²) in [6, 6.07) is 10.2. The number of ether oxygens (including phenoxy) is 1. The average molecular weight is 440 g/mol. The molecule has 0 unspecified atom stereocenters. The molecular weight excluding hydrogens is 406 g/mol. The van der Waals surface area contributed by atoms with Crippen molar-refractivity contribution in [3.63, 3.8) is 0 Å². The standard InChI is InChI=1S/C23H33N7O2/c1-18-26-27-21(28(18)2)17-25-23(24-16-19-6-4-3-5-7-19)30-10-8-20(9-11-30)22(31)29-12-14-32-15-13-29/h3-7,20H,8-17H2,1-2H3,(H,24,25). The topological polar surface area (TPSA) is 87.9 Å². The Balaban J connectivity index is 1.40. The van der Waals surface area contributed by atoms with Gasteiger partial charge in [-0.25, -0.2) is 4.99 Å². The Hall–Kier alpha value is -2.94. The number of carbonyl (C=O) groups excluding carboxylic acids is 1. The fourth-order valence-corrected chi connectivity index (χ4v) is 4.16. The number of amides is 1. The summed E-state index contributed by atoms with van der Waals surface area (Å²) in [6.07, 6.45) is 1.68. The maximum absolute atomic E-state index is 12.9. The van der Waals surface area contributed by atoms with E-state index >= 15 is 0 Å². The molecule has 4 rings (SSSR count). The highest BCUT2D eigenvalue weighted by Crippen LogP contribution is 2.21. The molecule has 0 saturated carbocycles. The van der Waals surface area contributed by atoms with Crippen molar-refractivity contribution in [3.8, 4) is 0 Å². The molecule has 1 aromatic heterocycles. The molecular formula is C23H33N7O2. The van der Waals surface area contributed by atoms with Gasteiger partial charge in [0.2, 0.25) is 5.91 Å². The zero-order chi connectivity index (χ0) is 22.3. The van der Waals surface area contributed by atoms with E-state index in [2.05, 4.69) is 32.5 Å². The molecule has 0 bridgehead atoms. The number of morpholine rings is 1. The molecule has 1 N–H and O–H groups in total. The predicted octanol–water partition coefficient (Wildman–Crippen LogP) is 1.34. The molecule has 32 heavy (non-hydrogen) atoms. The fourth-order valence-electron chi connectivity index (χ4n) is 4.16. The maximum atomic E-state index is 12.9. The van der Waals surface area contributed by atoms with Crippen LogP contribution in [0.2, 0.25) is 0 Å². The maximum Gasteiger partial charge on any atom is 0.225 e. The van der Waals surface area contributed by atoms with Crippen LogP contribution in [-0.2, 0) is 29.7 Å². The van der Waals surface area contributed by atoms with Gasteiger partial charge in [0.1, 0.15) is 5.82 Å². The summed E-state index contributed by atoms with van der Waals surface area (Å²) < 4.78 is 7.37. The highest BCUT2D eigenvalue weighted by atomic mass is 16.5. The van der Waals surface area contributed by atoms with Crippen molar-refractivity contribution < 1.29 is 9.53 Å². The lowest BCUT2D eigenvalue weighted by atomic mass is 9.95. The number of nitrogens with one attached hydrogen (secondary N) is 1. The number of aryl methyl sites for hydroxylation is 1. The minimum absolute atomic E-state index is 0.0844. The van der Waals surface area contributed by atoms with Crippen LogP contribution in [0.4, 0.5) is 0 Å². The third-order valence-corrected chi connectivity index (χ3v) is 6.31. The average Bonchev–Trinajstić information content (AvgIpc) is 3.17. The van der Waals surface area contributed by atoms with E-state index in [1.807, 2.05) is 41.6 Å². The first-order chi connectivity index (χ1) is 15.6. The number of nitrogens with zero attached hydrogens (tertiary/aromatic N) is 6. The quantitative estimate of drug-likeness (QED) is 0.559. The van der Waals surface area contributed by atoms with Gasteiger partial charge in [-0.3, -0.25) is 4.79 Å². The van der Waals surface area contributed by atoms with E-state index in [-0.39, 0.29) is 11.8 Å². The summed E-state index contributed by atoms with van der Waals surface area (Å²) in [6.45, 7) is 7.42. The highest BCUT2D eigenvalue weighted by Gasteiger charge is 2.30. The molecule has 0 spiro atoms. The molecule has 2 aromatic rings. The normalized spacial score (nSPS) is 18.1. The van der Waals surface area contributed by atoms with Gasteiger partial charge in [-0.1, -0.05) is 30.3 Å². The van der Waals surface area contributed by atoms with Crippen LogP contribution in [0.15, 0.2) is 35.3 Å². The van der Waals surface area contributed by atoms with Gasteiger partial charge in [-0.05, 0) is 25.3 Å². The summed E-state index contributed by atoms with van der Waals surface area (Å²) in [5.41, 5.74) is 1.17. The molecule has 0 radical (unpaired) electrons. The Bertz CT molecular complexity index is 914. The Kier molecular flexibility index (Phi) is 7.36. The minimum Gasteiger partial charge on any atom is -0.378 e. The smallest absolute Gasteiger partial charge is 0.225 e. The first-order valence-corrected chi connectivity index (χ1v) is 11.4.